The van der Waals surface area contributed by atoms with E-state index in [-0.39, 0.29) is 22.6 Å². The molecule has 7 heteroatoms. The van der Waals surface area contributed by atoms with E-state index < -0.39 is 10.0 Å². The number of nitrogens with zero attached hydrogens (tertiary/aromatic N) is 1. The summed E-state index contributed by atoms with van der Waals surface area (Å²) in [5, 5.41) is 0. The van der Waals surface area contributed by atoms with E-state index in [0.29, 0.717) is 18.7 Å². The van der Waals surface area contributed by atoms with Gasteiger partial charge in [-0.3, -0.25) is 4.79 Å². The average molecular weight is 356 g/mol. The first-order chi connectivity index (χ1) is 11.3. The fraction of sp³-hybridized carbons (Fsp3) is 0.588. The number of carbonyl (C=O) groups excluding carboxylic acids is 1. The van der Waals surface area contributed by atoms with Crippen molar-refractivity contribution in [1.29, 1.82) is 0 Å². The van der Waals surface area contributed by atoms with Gasteiger partial charge in [0.05, 0.1) is 7.11 Å². The molecule has 0 fully saturated rings. The number of carbonyl (C=O) groups is 1. The Balaban J connectivity index is 3.28. The van der Waals surface area contributed by atoms with E-state index in [1.807, 2.05) is 13.8 Å². The van der Waals surface area contributed by atoms with Crippen LogP contribution in [0.5, 0.6) is 5.75 Å². The lowest BCUT2D eigenvalue weighted by Crippen LogP contribution is -2.33. The second kappa shape index (κ2) is 9.03. The van der Waals surface area contributed by atoms with Crippen LogP contribution in [0.1, 0.15) is 50.9 Å². The molecular weight excluding hydrogens is 328 g/mol. The monoisotopic (exact) mass is 356 g/mol. The highest BCUT2D eigenvalue weighted by Crippen LogP contribution is 2.25. The lowest BCUT2D eigenvalue weighted by Gasteiger charge is -2.22. The van der Waals surface area contributed by atoms with Crippen LogP contribution >= 0.6 is 0 Å². The fourth-order valence-electron chi connectivity index (χ4n) is 2.43. The SMILES string of the molecule is CCCN(CCC)C(=O)c1ccc(OC)c(S(=O)(=O)NC(C)C)c1. The van der Waals surface area contributed by atoms with Gasteiger partial charge in [-0.15, -0.1) is 0 Å². The molecule has 0 heterocycles. The summed E-state index contributed by atoms with van der Waals surface area (Å²) < 4.78 is 32.7. The van der Waals surface area contributed by atoms with E-state index >= 15 is 0 Å². The number of rotatable bonds is 9. The number of amides is 1. The van der Waals surface area contributed by atoms with E-state index in [4.69, 9.17) is 4.74 Å². The van der Waals surface area contributed by atoms with Gasteiger partial charge in [0.2, 0.25) is 10.0 Å². The lowest BCUT2D eigenvalue weighted by atomic mass is 10.1. The summed E-state index contributed by atoms with van der Waals surface area (Å²) in [6.45, 7) is 8.78. The highest BCUT2D eigenvalue weighted by Gasteiger charge is 2.23. The average Bonchev–Trinajstić information content (AvgIpc) is 2.52. The predicted octanol–water partition coefficient (Wildman–Crippen LogP) is 2.64. The molecule has 1 rings (SSSR count). The minimum Gasteiger partial charge on any atom is -0.495 e. The topological polar surface area (TPSA) is 75.7 Å². The zero-order valence-corrected chi connectivity index (χ0v) is 15.9. The number of hydrogen-bond acceptors (Lipinski definition) is 4. The summed E-state index contributed by atoms with van der Waals surface area (Å²) in [5.41, 5.74) is 0.349. The first kappa shape index (κ1) is 20.4. The molecule has 0 bridgehead atoms. The molecule has 0 aliphatic rings. The molecule has 0 spiro atoms. The van der Waals surface area contributed by atoms with Crippen molar-refractivity contribution >= 4 is 15.9 Å². The van der Waals surface area contributed by atoms with E-state index in [1.165, 1.54) is 19.2 Å². The molecule has 1 amide bonds. The summed E-state index contributed by atoms with van der Waals surface area (Å²) in [7, 11) is -2.35. The van der Waals surface area contributed by atoms with Gasteiger partial charge >= 0.3 is 0 Å². The van der Waals surface area contributed by atoms with Gasteiger partial charge in [0.15, 0.2) is 0 Å². The normalized spacial score (nSPS) is 11.6. The van der Waals surface area contributed by atoms with Gasteiger partial charge in [0.1, 0.15) is 10.6 Å². The van der Waals surface area contributed by atoms with Gasteiger partial charge in [-0.05, 0) is 44.9 Å². The van der Waals surface area contributed by atoms with Crippen LogP contribution < -0.4 is 9.46 Å². The van der Waals surface area contributed by atoms with Crippen LogP contribution in [0.3, 0.4) is 0 Å². The van der Waals surface area contributed by atoms with Gasteiger partial charge in [-0.1, -0.05) is 13.8 Å². The van der Waals surface area contributed by atoms with Crippen LogP contribution in [0.25, 0.3) is 0 Å². The van der Waals surface area contributed by atoms with Crippen LogP contribution in [0.4, 0.5) is 0 Å². The molecule has 0 radical (unpaired) electrons. The summed E-state index contributed by atoms with van der Waals surface area (Å²) >= 11 is 0. The molecular formula is C17H28N2O4S. The largest absolute Gasteiger partial charge is 0.495 e. The van der Waals surface area contributed by atoms with E-state index in [1.54, 1.807) is 24.8 Å². The quantitative estimate of drug-likeness (QED) is 0.738. The van der Waals surface area contributed by atoms with Crippen LogP contribution in [0.15, 0.2) is 23.1 Å². The Morgan fingerprint density at radius 3 is 2.25 bits per heavy atom. The van der Waals surface area contributed by atoms with Crippen molar-refractivity contribution in [2.45, 2.75) is 51.5 Å². The van der Waals surface area contributed by atoms with Crippen molar-refractivity contribution in [1.82, 2.24) is 9.62 Å². The van der Waals surface area contributed by atoms with Crippen molar-refractivity contribution < 1.29 is 17.9 Å². The number of hydrogen-bond donors (Lipinski definition) is 1. The zero-order valence-electron chi connectivity index (χ0n) is 15.1. The molecule has 1 N–H and O–H groups in total. The molecule has 0 saturated carbocycles. The summed E-state index contributed by atoms with van der Waals surface area (Å²) in [5.74, 6) is 0.0552. The van der Waals surface area contributed by atoms with E-state index in [2.05, 4.69) is 4.72 Å². The Labute approximate surface area is 145 Å². The maximum Gasteiger partial charge on any atom is 0.253 e. The number of ether oxygens (including phenoxy) is 1. The molecule has 24 heavy (non-hydrogen) atoms. The zero-order chi connectivity index (χ0) is 18.3. The van der Waals surface area contributed by atoms with Crippen molar-refractivity contribution in [3.05, 3.63) is 23.8 Å². The number of nitrogens with one attached hydrogen (secondary N) is 1. The fourth-order valence-corrected chi connectivity index (χ4v) is 3.88. The third-order valence-electron chi connectivity index (χ3n) is 3.37. The first-order valence-corrected chi connectivity index (χ1v) is 9.74. The molecule has 0 saturated heterocycles. The number of sulfonamides is 1. The van der Waals surface area contributed by atoms with Gasteiger partial charge in [0.25, 0.3) is 5.91 Å². The lowest BCUT2D eigenvalue weighted by molar-refractivity contribution is 0.0755. The summed E-state index contributed by atoms with van der Waals surface area (Å²) in [6, 6.07) is 4.27. The summed E-state index contributed by atoms with van der Waals surface area (Å²) in [6.07, 6.45) is 1.70. The Bertz CT molecular complexity index is 651. The molecule has 0 aliphatic heterocycles. The second-order valence-electron chi connectivity index (χ2n) is 5.93. The van der Waals surface area contributed by atoms with Crippen molar-refractivity contribution in [2.75, 3.05) is 20.2 Å². The maximum absolute atomic E-state index is 12.7. The highest BCUT2D eigenvalue weighted by atomic mass is 32.2. The minimum absolute atomic E-state index is 0.0162. The van der Waals surface area contributed by atoms with E-state index in [9.17, 15) is 13.2 Å². The number of benzene rings is 1. The van der Waals surface area contributed by atoms with Crippen LogP contribution in [0, 0.1) is 0 Å². The Morgan fingerprint density at radius 2 is 1.79 bits per heavy atom. The molecule has 6 nitrogen and oxygen atoms in total. The van der Waals surface area contributed by atoms with Crippen molar-refractivity contribution in [3.63, 3.8) is 0 Å². The molecule has 0 unspecified atom stereocenters. The van der Waals surface area contributed by atoms with Crippen molar-refractivity contribution in [3.8, 4) is 5.75 Å². The molecule has 1 aromatic rings. The maximum atomic E-state index is 12.7. The van der Waals surface area contributed by atoms with Gasteiger partial charge in [-0.2, -0.15) is 0 Å². The molecule has 0 aliphatic carbocycles. The van der Waals surface area contributed by atoms with E-state index in [0.717, 1.165) is 12.8 Å². The van der Waals surface area contributed by atoms with Crippen LogP contribution in [-0.4, -0.2) is 45.5 Å². The van der Waals surface area contributed by atoms with Crippen LogP contribution in [-0.2, 0) is 10.0 Å². The predicted molar refractivity (Wildman–Crippen MR) is 94.9 cm³/mol. The first-order valence-electron chi connectivity index (χ1n) is 8.26. The van der Waals surface area contributed by atoms with Crippen LogP contribution in [0.2, 0.25) is 0 Å². The molecule has 0 atom stereocenters. The Morgan fingerprint density at radius 1 is 1.21 bits per heavy atom. The van der Waals surface area contributed by atoms with Gasteiger partial charge < -0.3 is 9.64 Å². The molecule has 136 valence electrons. The minimum atomic E-state index is -3.75. The third kappa shape index (κ3) is 5.21. The molecule has 1 aromatic carbocycles. The third-order valence-corrected chi connectivity index (χ3v) is 5.04. The van der Waals surface area contributed by atoms with Crippen molar-refractivity contribution in [2.24, 2.45) is 0 Å². The highest BCUT2D eigenvalue weighted by molar-refractivity contribution is 7.89. The standard InChI is InChI=1S/C17H28N2O4S/c1-6-10-19(11-7-2)17(20)14-8-9-15(23-5)16(12-14)24(21,22)18-13(3)4/h8-9,12-13,18H,6-7,10-11H2,1-5H3. The molecule has 0 aromatic heterocycles. The van der Waals surface area contributed by atoms with Gasteiger partial charge in [-0.25, -0.2) is 13.1 Å². The Hall–Kier alpha value is -1.60. The smallest absolute Gasteiger partial charge is 0.253 e. The van der Waals surface area contributed by atoms with Gasteiger partial charge in [0, 0.05) is 24.7 Å². The Kier molecular flexibility index (Phi) is 7.69. The number of methoxy groups -OCH3 is 1. The summed E-state index contributed by atoms with van der Waals surface area (Å²) in [4.78, 5) is 14.4. The second-order valence-corrected chi connectivity index (χ2v) is 7.62.